The number of hydrogen-bond acceptors (Lipinski definition) is 4. The summed E-state index contributed by atoms with van der Waals surface area (Å²) in [6.45, 7) is 6.33. The molecule has 0 spiro atoms. The number of benzene rings is 3. The van der Waals surface area contributed by atoms with Gasteiger partial charge < -0.3 is 4.74 Å². The maximum absolute atomic E-state index is 13.4. The summed E-state index contributed by atoms with van der Waals surface area (Å²) in [6, 6.07) is 18.0. The highest BCUT2D eigenvalue weighted by Crippen LogP contribution is 2.30. The Bertz CT molecular complexity index is 1340. The first-order valence-corrected chi connectivity index (χ1v) is 12.0. The minimum Gasteiger partial charge on any atom is -0.488 e. The highest BCUT2D eigenvalue weighted by Gasteiger charge is 2.37. The van der Waals surface area contributed by atoms with Crippen molar-refractivity contribution < 1.29 is 19.1 Å². The summed E-state index contributed by atoms with van der Waals surface area (Å²) in [7, 11) is 0. The van der Waals surface area contributed by atoms with Crippen LogP contribution in [0.3, 0.4) is 0 Å². The number of para-hydroxylation sites is 1. The number of aryl methyl sites for hydroxylation is 3. The van der Waals surface area contributed by atoms with Crippen LogP contribution in [0.1, 0.15) is 34.7 Å². The number of ether oxygens (including phenoxy) is 1. The van der Waals surface area contributed by atoms with E-state index in [1.54, 1.807) is 24.3 Å². The Morgan fingerprint density at radius 2 is 1.69 bits per heavy atom. The van der Waals surface area contributed by atoms with Crippen LogP contribution in [-0.4, -0.2) is 17.8 Å². The van der Waals surface area contributed by atoms with Crippen molar-refractivity contribution in [2.45, 2.75) is 33.8 Å². The Kier molecular flexibility index (Phi) is 7.17. The number of nitrogens with one attached hydrogen (secondary N) is 1. The van der Waals surface area contributed by atoms with Gasteiger partial charge in [-0.15, -0.1) is 0 Å². The third-order valence-electron chi connectivity index (χ3n) is 5.66. The number of rotatable bonds is 6. The number of anilines is 1. The summed E-state index contributed by atoms with van der Waals surface area (Å²) in [5, 5.41) is 2.29. The van der Waals surface area contributed by atoms with E-state index in [4.69, 9.17) is 4.74 Å². The number of carbonyl (C=O) groups is 3. The van der Waals surface area contributed by atoms with E-state index < -0.39 is 17.8 Å². The fourth-order valence-electron chi connectivity index (χ4n) is 4.14. The molecule has 1 N–H and O–H groups in total. The predicted molar refractivity (Wildman–Crippen MR) is 139 cm³/mol. The summed E-state index contributed by atoms with van der Waals surface area (Å²) in [5.41, 5.74) is 4.97. The standard InChI is InChI=1S/C28H25BrN2O4/c1-4-20-7-5-6-8-24(20)31-27(33)23(26(32)30-28(31)34)15-21-14-22(29)9-10-25(21)35-16-19-12-17(2)11-18(3)13-19/h5-15H,4,16H2,1-3H3,(H,30,32,34)/b23-15-. The van der Waals surface area contributed by atoms with E-state index in [9.17, 15) is 14.4 Å². The minimum atomic E-state index is -0.765. The van der Waals surface area contributed by atoms with Crippen molar-refractivity contribution in [2.75, 3.05) is 4.90 Å². The molecule has 0 aromatic heterocycles. The van der Waals surface area contributed by atoms with Gasteiger partial charge >= 0.3 is 6.03 Å². The van der Waals surface area contributed by atoms with Gasteiger partial charge in [0.1, 0.15) is 17.9 Å². The van der Waals surface area contributed by atoms with Crippen molar-refractivity contribution >= 4 is 45.5 Å². The second-order valence-corrected chi connectivity index (χ2v) is 9.32. The van der Waals surface area contributed by atoms with Crippen LogP contribution in [-0.2, 0) is 22.6 Å². The third-order valence-corrected chi connectivity index (χ3v) is 6.16. The lowest BCUT2D eigenvalue weighted by molar-refractivity contribution is -0.122. The van der Waals surface area contributed by atoms with Crippen molar-refractivity contribution in [1.29, 1.82) is 0 Å². The number of imide groups is 2. The maximum atomic E-state index is 13.4. The van der Waals surface area contributed by atoms with E-state index in [1.165, 1.54) is 6.08 Å². The molecular formula is C28H25BrN2O4. The van der Waals surface area contributed by atoms with Crippen LogP contribution in [0.4, 0.5) is 10.5 Å². The predicted octanol–water partition coefficient (Wildman–Crippen LogP) is 5.87. The Morgan fingerprint density at radius 1 is 0.971 bits per heavy atom. The molecule has 0 saturated carbocycles. The van der Waals surface area contributed by atoms with E-state index >= 15 is 0 Å². The Balaban J connectivity index is 1.69. The number of amides is 4. The normalized spacial score (nSPS) is 14.9. The number of nitrogens with zero attached hydrogens (tertiary/aromatic N) is 1. The van der Waals surface area contributed by atoms with Crippen molar-refractivity contribution in [1.82, 2.24) is 5.32 Å². The molecule has 1 fully saturated rings. The molecule has 35 heavy (non-hydrogen) atoms. The van der Waals surface area contributed by atoms with Gasteiger partial charge in [0.15, 0.2) is 0 Å². The van der Waals surface area contributed by atoms with Gasteiger partial charge in [0.25, 0.3) is 11.8 Å². The zero-order valence-corrected chi connectivity index (χ0v) is 21.3. The van der Waals surface area contributed by atoms with Crippen LogP contribution in [0.15, 0.2) is 70.7 Å². The largest absolute Gasteiger partial charge is 0.488 e. The molecule has 3 aromatic carbocycles. The van der Waals surface area contributed by atoms with Crippen molar-refractivity contribution in [3.8, 4) is 5.75 Å². The van der Waals surface area contributed by atoms with Crippen LogP contribution >= 0.6 is 15.9 Å². The average Bonchev–Trinajstić information content (AvgIpc) is 2.81. The molecule has 1 aliphatic rings. The number of carbonyl (C=O) groups excluding carboxylic acids is 3. The van der Waals surface area contributed by atoms with Gasteiger partial charge in [-0.05, 0) is 61.7 Å². The molecule has 1 heterocycles. The van der Waals surface area contributed by atoms with E-state index in [0.29, 0.717) is 30.0 Å². The molecule has 6 nitrogen and oxygen atoms in total. The SMILES string of the molecule is CCc1ccccc1N1C(=O)NC(=O)/C(=C/c2cc(Br)ccc2OCc2cc(C)cc(C)c2)C1=O. The summed E-state index contributed by atoms with van der Waals surface area (Å²) in [5.74, 6) is -0.914. The van der Waals surface area contributed by atoms with E-state index in [-0.39, 0.29) is 5.57 Å². The number of barbiturate groups is 1. The van der Waals surface area contributed by atoms with E-state index in [1.807, 2.05) is 39.0 Å². The molecule has 0 bridgehead atoms. The summed E-state index contributed by atoms with van der Waals surface area (Å²) in [4.78, 5) is 39.7. The van der Waals surface area contributed by atoms with E-state index in [2.05, 4.69) is 39.4 Å². The lowest BCUT2D eigenvalue weighted by Gasteiger charge is -2.28. The highest BCUT2D eigenvalue weighted by atomic mass is 79.9. The van der Waals surface area contributed by atoms with Gasteiger partial charge in [-0.3, -0.25) is 14.9 Å². The first-order valence-electron chi connectivity index (χ1n) is 11.3. The summed E-state index contributed by atoms with van der Waals surface area (Å²) < 4.78 is 6.84. The summed E-state index contributed by atoms with van der Waals surface area (Å²) >= 11 is 3.45. The Labute approximate surface area is 212 Å². The smallest absolute Gasteiger partial charge is 0.335 e. The Hall–Kier alpha value is -3.71. The second kappa shape index (κ2) is 10.3. The maximum Gasteiger partial charge on any atom is 0.335 e. The molecular weight excluding hydrogens is 508 g/mol. The molecule has 4 amide bonds. The van der Waals surface area contributed by atoms with Crippen LogP contribution in [0.5, 0.6) is 5.75 Å². The first kappa shape index (κ1) is 24.4. The molecule has 0 radical (unpaired) electrons. The van der Waals surface area contributed by atoms with E-state index in [0.717, 1.165) is 31.6 Å². The third kappa shape index (κ3) is 5.35. The lowest BCUT2D eigenvalue weighted by Crippen LogP contribution is -2.54. The van der Waals surface area contributed by atoms with Crippen molar-refractivity contribution in [3.63, 3.8) is 0 Å². The fourth-order valence-corrected chi connectivity index (χ4v) is 4.52. The van der Waals surface area contributed by atoms with Crippen molar-refractivity contribution in [2.24, 2.45) is 0 Å². The molecule has 178 valence electrons. The number of halogens is 1. The fraction of sp³-hybridized carbons (Fsp3) is 0.179. The minimum absolute atomic E-state index is 0.148. The van der Waals surface area contributed by atoms with Crippen LogP contribution in [0, 0.1) is 13.8 Å². The van der Waals surface area contributed by atoms with Gasteiger partial charge in [-0.1, -0.05) is 70.4 Å². The monoisotopic (exact) mass is 532 g/mol. The first-order chi connectivity index (χ1) is 16.8. The number of urea groups is 1. The van der Waals surface area contributed by atoms with Gasteiger partial charge in [0.05, 0.1) is 5.69 Å². The van der Waals surface area contributed by atoms with Crippen LogP contribution < -0.4 is 15.0 Å². The van der Waals surface area contributed by atoms with Crippen molar-refractivity contribution in [3.05, 3.63) is 98.5 Å². The van der Waals surface area contributed by atoms with Gasteiger partial charge in [-0.25, -0.2) is 9.69 Å². The average molecular weight is 533 g/mol. The molecule has 4 rings (SSSR count). The molecule has 0 aliphatic carbocycles. The topological polar surface area (TPSA) is 75.7 Å². The zero-order valence-electron chi connectivity index (χ0n) is 19.7. The number of hydrogen-bond donors (Lipinski definition) is 1. The molecule has 3 aromatic rings. The molecule has 0 atom stereocenters. The highest BCUT2D eigenvalue weighted by molar-refractivity contribution is 9.10. The van der Waals surface area contributed by atoms with Crippen LogP contribution in [0.2, 0.25) is 0 Å². The zero-order chi connectivity index (χ0) is 25.1. The quantitative estimate of drug-likeness (QED) is 0.318. The lowest BCUT2D eigenvalue weighted by atomic mass is 10.0. The Morgan fingerprint density at radius 3 is 2.40 bits per heavy atom. The van der Waals surface area contributed by atoms with Crippen LogP contribution in [0.25, 0.3) is 6.08 Å². The molecule has 1 aliphatic heterocycles. The molecule has 0 unspecified atom stereocenters. The molecule has 7 heteroatoms. The van der Waals surface area contributed by atoms with Gasteiger partial charge in [0.2, 0.25) is 0 Å². The second-order valence-electron chi connectivity index (χ2n) is 8.41. The summed E-state index contributed by atoms with van der Waals surface area (Å²) in [6.07, 6.45) is 2.09. The molecule has 1 saturated heterocycles. The van der Waals surface area contributed by atoms with Gasteiger partial charge in [0, 0.05) is 10.0 Å². The van der Waals surface area contributed by atoms with Gasteiger partial charge in [-0.2, -0.15) is 0 Å².